The molecule has 0 radical (unpaired) electrons. The van der Waals surface area contributed by atoms with Crippen LogP contribution < -0.4 is 4.90 Å². The number of benzene rings is 7. The van der Waals surface area contributed by atoms with Crippen molar-refractivity contribution in [2.24, 2.45) is 0 Å². The topological polar surface area (TPSA) is 29.5 Å². The van der Waals surface area contributed by atoms with Gasteiger partial charge in [-0.15, -0.1) is 0 Å². The molecule has 0 aliphatic rings. The van der Waals surface area contributed by atoms with Crippen molar-refractivity contribution in [3.8, 4) is 11.1 Å². The van der Waals surface area contributed by atoms with E-state index in [0.717, 1.165) is 60.9 Å². The molecule has 0 fully saturated rings. The van der Waals surface area contributed by atoms with Gasteiger partial charge in [0.2, 0.25) is 0 Å². The van der Waals surface area contributed by atoms with E-state index >= 15 is 0 Å². The van der Waals surface area contributed by atoms with Gasteiger partial charge in [-0.1, -0.05) is 109 Å². The molecule has 0 aliphatic carbocycles. The number of nitrogens with zero attached hydrogens (tertiary/aromatic N) is 1. The Labute approximate surface area is 247 Å². The van der Waals surface area contributed by atoms with E-state index in [2.05, 4.69) is 132 Å². The van der Waals surface area contributed by atoms with Crippen LogP contribution in [0.3, 0.4) is 0 Å². The highest BCUT2D eigenvalue weighted by molar-refractivity contribution is 6.23. The van der Waals surface area contributed by atoms with Gasteiger partial charge in [-0.3, -0.25) is 0 Å². The fourth-order valence-electron chi connectivity index (χ4n) is 6.61. The van der Waals surface area contributed by atoms with Crippen LogP contribution in [0.15, 0.2) is 160 Å². The molecule has 7 aromatic carbocycles. The van der Waals surface area contributed by atoms with Gasteiger partial charge in [-0.05, 0) is 64.4 Å². The van der Waals surface area contributed by atoms with E-state index in [1.54, 1.807) is 0 Å². The zero-order valence-electron chi connectivity index (χ0n) is 23.2. The third-order valence-corrected chi connectivity index (χ3v) is 8.46. The second-order valence-electron chi connectivity index (χ2n) is 10.9. The Balaban J connectivity index is 1.35. The summed E-state index contributed by atoms with van der Waals surface area (Å²) in [6.45, 7) is 0. The van der Waals surface area contributed by atoms with Crippen molar-refractivity contribution in [1.82, 2.24) is 0 Å². The Bertz CT molecular complexity index is 2450. The van der Waals surface area contributed by atoms with Gasteiger partial charge >= 0.3 is 0 Å². The van der Waals surface area contributed by atoms with Crippen LogP contribution in [-0.4, -0.2) is 0 Å². The van der Waals surface area contributed by atoms with Crippen LogP contribution in [0.4, 0.5) is 17.1 Å². The number of hydrogen-bond donors (Lipinski definition) is 0. The number of para-hydroxylation sites is 3. The Morgan fingerprint density at radius 1 is 0.372 bits per heavy atom. The number of anilines is 3. The van der Waals surface area contributed by atoms with Gasteiger partial charge < -0.3 is 13.7 Å². The van der Waals surface area contributed by atoms with Crippen molar-refractivity contribution < 1.29 is 8.83 Å². The fraction of sp³-hybridized carbons (Fsp3) is 0. The quantitative estimate of drug-likeness (QED) is 0.218. The van der Waals surface area contributed by atoms with Crippen molar-refractivity contribution in [1.29, 1.82) is 0 Å². The largest absolute Gasteiger partial charge is 0.456 e. The molecule has 0 saturated carbocycles. The van der Waals surface area contributed by atoms with Gasteiger partial charge in [0.15, 0.2) is 5.58 Å². The summed E-state index contributed by atoms with van der Waals surface area (Å²) in [5, 5.41) is 6.78. The zero-order valence-corrected chi connectivity index (χ0v) is 23.2. The summed E-state index contributed by atoms with van der Waals surface area (Å²) in [6, 6.07) is 52.9. The first-order chi connectivity index (χ1) is 21.3. The number of hydrogen-bond acceptors (Lipinski definition) is 3. The number of rotatable bonds is 4. The van der Waals surface area contributed by atoms with Crippen LogP contribution in [0, 0.1) is 0 Å². The maximum atomic E-state index is 6.78. The zero-order chi connectivity index (χ0) is 28.3. The van der Waals surface area contributed by atoms with Crippen molar-refractivity contribution in [3.05, 3.63) is 152 Å². The minimum absolute atomic E-state index is 0.851. The first-order valence-electron chi connectivity index (χ1n) is 14.5. The predicted octanol–water partition coefficient (Wildman–Crippen LogP) is 11.8. The summed E-state index contributed by atoms with van der Waals surface area (Å²) < 4.78 is 13.1. The molecular weight excluding hydrogens is 526 g/mol. The SMILES string of the molecule is c1ccc(-c2cccc3c2ccc2oc4c(N(c5ccccc5)c5cccc6oc7ccccc7c56)cccc4c23)cc1. The Morgan fingerprint density at radius 2 is 1.02 bits per heavy atom. The molecule has 0 amide bonds. The third kappa shape index (κ3) is 3.62. The molecule has 43 heavy (non-hydrogen) atoms. The van der Waals surface area contributed by atoms with Crippen LogP contribution >= 0.6 is 0 Å². The highest BCUT2D eigenvalue weighted by atomic mass is 16.3. The molecule has 0 unspecified atom stereocenters. The molecule has 0 saturated heterocycles. The summed E-state index contributed by atoms with van der Waals surface area (Å²) in [6.07, 6.45) is 0. The summed E-state index contributed by atoms with van der Waals surface area (Å²) in [5.74, 6) is 0. The second kappa shape index (κ2) is 9.37. The van der Waals surface area contributed by atoms with Crippen LogP contribution in [0.5, 0.6) is 0 Å². The lowest BCUT2D eigenvalue weighted by Gasteiger charge is -2.26. The summed E-state index contributed by atoms with van der Waals surface area (Å²) >= 11 is 0. The number of furan rings is 2. The Morgan fingerprint density at radius 3 is 1.91 bits per heavy atom. The lowest BCUT2D eigenvalue weighted by Crippen LogP contribution is -2.10. The standard InChI is InChI=1S/C40H25NO2/c1-3-12-26(13-4-1)28-17-9-18-30-29(28)24-25-37-38(30)32-19-10-21-34(40(32)43-37)41(27-14-5-2-6-15-27)33-20-11-23-36-39(33)31-16-7-8-22-35(31)42-36/h1-25H. The van der Waals surface area contributed by atoms with E-state index in [9.17, 15) is 0 Å². The summed E-state index contributed by atoms with van der Waals surface area (Å²) in [7, 11) is 0. The van der Waals surface area contributed by atoms with Crippen LogP contribution in [0.25, 0.3) is 65.8 Å². The van der Waals surface area contributed by atoms with E-state index in [0.29, 0.717) is 0 Å². The van der Waals surface area contributed by atoms with Gasteiger partial charge in [-0.25, -0.2) is 0 Å². The van der Waals surface area contributed by atoms with Gasteiger partial charge in [0.1, 0.15) is 16.7 Å². The lowest BCUT2D eigenvalue weighted by atomic mass is 9.95. The van der Waals surface area contributed by atoms with Gasteiger partial charge in [0, 0.05) is 21.8 Å². The maximum Gasteiger partial charge on any atom is 0.159 e. The van der Waals surface area contributed by atoms with Gasteiger partial charge in [-0.2, -0.15) is 0 Å². The molecular formula is C40H25NO2. The minimum atomic E-state index is 0.851. The average molecular weight is 552 g/mol. The first kappa shape index (κ1) is 23.9. The smallest absolute Gasteiger partial charge is 0.159 e. The third-order valence-electron chi connectivity index (χ3n) is 8.46. The van der Waals surface area contributed by atoms with Crippen molar-refractivity contribution in [2.75, 3.05) is 4.90 Å². The van der Waals surface area contributed by atoms with Crippen LogP contribution in [-0.2, 0) is 0 Å². The average Bonchev–Trinajstić information content (AvgIpc) is 3.65. The highest BCUT2D eigenvalue weighted by Gasteiger charge is 2.23. The van der Waals surface area contributed by atoms with E-state index in [1.165, 1.54) is 21.9 Å². The van der Waals surface area contributed by atoms with Gasteiger partial charge in [0.25, 0.3) is 0 Å². The van der Waals surface area contributed by atoms with Gasteiger partial charge in [0.05, 0.1) is 16.8 Å². The lowest BCUT2D eigenvalue weighted by molar-refractivity contribution is 0.668. The highest BCUT2D eigenvalue weighted by Crippen LogP contribution is 2.47. The summed E-state index contributed by atoms with van der Waals surface area (Å²) in [4.78, 5) is 2.30. The van der Waals surface area contributed by atoms with Crippen LogP contribution in [0.2, 0.25) is 0 Å². The first-order valence-corrected chi connectivity index (χ1v) is 14.5. The monoisotopic (exact) mass is 551 g/mol. The van der Waals surface area contributed by atoms with E-state index in [1.807, 2.05) is 24.3 Å². The molecule has 2 heterocycles. The van der Waals surface area contributed by atoms with Crippen molar-refractivity contribution in [2.45, 2.75) is 0 Å². The van der Waals surface area contributed by atoms with E-state index in [4.69, 9.17) is 8.83 Å². The normalized spacial score (nSPS) is 11.7. The fourth-order valence-corrected chi connectivity index (χ4v) is 6.61. The van der Waals surface area contributed by atoms with Crippen LogP contribution in [0.1, 0.15) is 0 Å². The Kier molecular flexibility index (Phi) is 5.20. The molecule has 0 bridgehead atoms. The summed E-state index contributed by atoms with van der Waals surface area (Å²) in [5.41, 5.74) is 8.94. The molecule has 202 valence electrons. The molecule has 2 aromatic heterocycles. The molecule has 0 aliphatic heterocycles. The molecule has 9 aromatic rings. The van der Waals surface area contributed by atoms with E-state index < -0.39 is 0 Å². The molecule has 0 spiro atoms. The minimum Gasteiger partial charge on any atom is -0.456 e. The molecule has 0 atom stereocenters. The molecule has 3 heteroatoms. The number of fused-ring (bicyclic) bond motifs is 8. The van der Waals surface area contributed by atoms with E-state index in [-0.39, 0.29) is 0 Å². The molecule has 3 nitrogen and oxygen atoms in total. The Hall–Kier alpha value is -5.80. The van der Waals surface area contributed by atoms with Crippen molar-refractivity contribution in [3.63, 3.8) is 0 Å². The molecule has 9 rings (SSSR count). The van der Waals surface area contributed by atoms with Crippen molar-refractivity contribution >= 4 is 71.7 Å². The second-order valence-corrected chi connectivity index (χ2v) is 10.9. The molecule has 0 N–H and O–H groups in total. The maximum absolute atomic E-state index is 6.78. The predicted molar refractivity (Wildman–Crippen MR) is 179 cm³/mol.